The second-order valence-electron chi connectivity index (χ2n) is 7.70. The minimum atomic E-state index is 0.528. The summed E-state index contributed by atoms with van der Waals surface area (Å²) in [7, 11) is 10.3. The zero-order valence-corrected chi connectivity index (χ0v) is 17.1. The van der Waals surface area contributed by atoms with Crippen molar-refractivity contribution in [2.45, 2.75) is 0 Å². The van der Waals surface area contributed by atoms with Crippen molar-refractivity contribution in [3.05, 3.63) is 66.0 Å². The topological polar surface area (TPSA) is 35.3 Å². The average molecular weight is 371 g/mol. The van der Waals surface area contributed by atoms with E-state index >= 15 is 0 Å². The highest BCUT2D eigenvalue weighted by Crippen LogP contribution is 2.40. The summed E-state index contributed by atoms with van der Waals surface area (Å²) in [4.78, 5) is 4.23. The minimum absolute atomic E-state index is 0.528. The maximum Gasteiger partial charge on any atom is 0.0561 e. The molecule has 2 aromatic carbocycles. The fraction of sp³-hybridized carbons (Fsp3) is 0.208. The van der Waals surface area contributed by atoms with E-state index in [2.05, 4.69) is 98.1 Å². The smallest absolute Gasteiger partial charge is 0.0561 e. The van der Waals surface area contributed by atoms with E-state index in [4.69, 9.17) is 5.41 Å². The summed E-state index contributed by atoms with van der Waals surface area (Å²) in [6.07, 6.45) is 0. The molecule has 1 N–H and O–H groups in total. The van der Waals surface area contributed by atoms with Gasteiger partial charge in [-0.2, -0.15) is 0 Å². The van der Waals surface area contributed by atoms with Crippen LogP contribution in [0.3, 0.4) is 0 Å². The minimum Gasteiger partial charge on any atom is -0.378 e. The molecule has 142 valence electrons. The molecule has 4 heteroatoms. The molecule has 4 nitrogen and oxygen atoms in total. The first-order chi connectivity index (χ1) is 13.4. The third kappa shape index (κ3) is 2.91. The highest BCUT2D eigenvalue weighted by Gasteiger charge is 2.18. The quantitative estimate of drug-likeness (QED) is 0.537. The van der Waals surface area contributed by atoms with Crippen molar-refractivity contribution in [1.82, 2.24) is 4.57 Å². The van der Waals surface area contributed by atoms with Gasteiger partial charge in [-0.1, -0.05) is 24.3 Å². The molecule has 1 aliphatic heterocycles. The molecule has 0 aromatic heterocycles. The number of nitrogens with one attached hydrogen (secondary N) is 1. The van der Waals surface area contributed by atoms with Gasteiger partial charge in [0.25, 0.3) is 0 Å². The number of nitrogens with zero attached hydrogens (tertiary/aromatic N) is 3. The molecule has 2 aliphatic rings. The van der Waals surface area contributed by atoms with Crippen LogP contribution in [0.5, 0.6) is 0 Å². The van der Waals surface area contributed by atoms with Gasteiger partial charge < -0.3 is 19.8 Å². The van der Waals surface area contributed by atoms with Crippen LogP contribution in [0.2, 0.25) is 0 Å². The normalized spacial score (nSPS) is 11.2. The Hall–Kier alpha value is -3.27. The van der Waals surface area contributed by atoms with E-state index in [1.165, 1.54) is 33.5 Å². The fourth-order valence-electron chi connectivity index (χ4n) is 3.82. The molecule has 0 saturated carbocycles. The zero-order valence-electron chi connectivity index (χ0n) is 17.1. The number of pyridine rings is 1. The number of anilines is 2. The predicted molar refractivity (Wildman–Crippen MR) is 119 cm³/mol. The molecular formula is C24H26N4. The van der Waals surface area contributed by atoms with Gasteiger partial charge in [0, 0.05) is 63.1 Å². The number of rotatable bonds is 3. The molecule has 0 atom stereocenters. The Kier molecular flexibility index (Phi) is 4.34. The van der Waals surface area contributed by atoms with E-state index in [0.717, 1.165) is 11.2 Å². The predicted octanol–water partition coefficient (Wildman–Crippen LogP) is 4.56. The zero-order chi connectivity index (χ0) is 20.0. The lowest BCUT2D eigenvalue weighted by Gasteiger charge is -2.23. The lowest BCUT2D eigenvalue weighted by atomic mass is 9.91. The first-order valence-corrected chi connectivity index (χ1v) is 9.43. The van der Waals surface area contributed by atoms with Crippen LogP contribution in [-0.4, -0.2) is 32.8 Å². The van der Waals surface area contributed by atoms with E-state index in [1.807, 2.05) is 12.1 Å². The second-order valence-corrected chi connectivity index (χ2v) is 7.70. The van der Waals surface area contributed by atoms with E-state index < -0.39 is 0 Å². The van der Waals surface area contributed by atoms with Crippen molar-refractivity contribution < 1.29 is 0 Å². The molecule has 28 heavy (non-hydrogen) atoms. The molecule has 0 spiro atoms. The van der Waals surface area contributed by atoms with E-state index in [-0.39, 0.29) is 0 Å². The van der Waals surface area contributed by atoms with E-state index in [1.54, 1.807) is 0 Å². The Labute approximate surface area is 166 Å². The summed E-state index contributed by atoms with van der Waals surface area (Å²) in [6, 6.07) is 21.2. The highest BCUT2D eigenvalue weighted by atomic mass is 15.1. The Morgan fingerprint density at radius 2 is 1.39 bits per heavy atom. The summed E-state index contributed by atoms with van der Waals surface area (Å²) in [5.41, 5.74) is 8.16. The van der Waals surface area contributed by atoms with Gasteiger partial charge in [-0.15, -0.1) is 0 Å². The summed E-state index contributed by atoms with van der Waals surface area (Å²) < 4.78 is 2.20. The molecule has 0 bridgehead atoms. The summed E-state index contributed by atoms with van der Waals surface area (Å²) in [5, 5.41) is 9.86. The third-order valence-electron chi connectivity index (χ3n) is 5.43. The van der Waals surface area contributed by atoms with Crippen LogP contribution in [0.25, 0.3) is 33.3 Å². The van der Waals surface area contributed by atoms with Crippen LogP contribution in [0.4, 0.5) is 11.4 Å². The summed E-state index contributed by atoms with van der Waals surface area (Å²) >= 11 is 0. The van der Waals surface area contributed by atoms with Crippen LogP contribution in [0.15, 0.2) is 60.7 Å². The Morgan fingerprint density at radius 3 is 2.04 bits per heavy atom. The standard InChI is InChI=1S/C24H26N4/c1-26(2)18-9-6-16(7-10-18)24-20-12-8-17(25)14-22(20)28(5)23-15-19(27(3)4)11-13-21(23)24/h6-15,25H,1-5H3. The number of fused-ring (bicyclic) bond motifs is 2. The average Bonchev–Trinajstić information content (AvgIpc) is 2.68. The first-order valence-electron chi connectivity index (χ1n) is 9.43. The molecular weight excluding hydrogens is 344 g/mol. The number of aryl methyl sites for hydroxylation is 1. The Balaban J connectivity index is 2.10. The van der Waals surface area contributed by atoms with Crippen molar-refractivity contribution in [2.24, 2.45) is 7.05 Å². The molecule has 0 amide bonds. The molecule has 2 aromatic rings. The van der Waals surface area contributed by atoms with Gasteiger partial charge in [0.1, 0.15) is 0 Å². The van der Waals surface area contributed by atoms with Crippen molar-refractivity contribution in [1.29, 1.82) is 5.41 Å². The van der Waals surface area contributed by atoms with Crippen LogP contribution < -0.4 is 15.2 Å². The maximum absolute atomic E-state index is 8.12. The van der Waals surface area contributed by atoms with Crippen molar-refractivity contribution >= 4 is 22.3 Å². The molecule has 1 heterocycles. The van der Waals surface area contributed by atoms with Gasteiger partial charge in [-0.3, -0.25) is 0 Å². The lowest BCUT2D eigenvalue weighted by molar-refractivity contribution is 0.957. The van der Waals surface area contributed by atoms with Gasteiger partial charge in [0.05, 0.1) is 16.6 Å². The van der Waals surface area contributed by atoms with E-state index in [0.29, 0.717) is 5.36 Å². The fourth-order valence-corrected chi connectivity index (χ4v) is 3.82. The van der Waals surface area contributed by atoms with Crippen LogP contribution in [-0.2, 0) is 7.05 Å². The second kappa shape index (κ2) is 6.71. The van der Waals surface area contributed by atoms with Gasteiger partial charge in [-0.25, -0.2) is 0 Å². The van der Waals surface area contributed by atoms with Crippen LogP contribution >= 0.6 is 0 Å². The molecule has 1 aliphatic carbocycles. The number of hydrogen-bond acceptors (Lipinski definition) is 3. The molecule has 4 rings (SSSR count). The van der Waals surface area contributed by atoms with Gasteiger partial charge in [-0.05, 0) is 42.0 Å². The summed E-state index contributed by atoms with van der Waals surface area (Å²) in [6.45, 7) is 0. The van der Waals surface area contributed by atoms with Gasteiger partial charge in [0.2, 0.25) is 0 Å². The maximum atomic E-state index is 8.12. The van der Waals surface area contributed by atoms with E-state index in [9.17, 15) is 0 Å². The van der Waals surface area contributed by atoms with Crippen LogP contribution in [0, 0.1) is 5.41 Å². The molecule has 0 saturated heterocycles. The van der Waals surface area contributed by atoms with Crippen molar-refractivity contribution in [3.8, 4) is 22.4 Å². The number of aromatic nitrogens is 1. The number of hydrogen-bond donors (Lipinski definition) is 1. The Morgan fingerprint density at radius 1 is 0.750 bits per heavy atom. The van der Waals surface area contributed by atoms with Crippen molar-refractivity contribution in [3.63, 3.8) is 0 Å². The van der Waals surface area contributed by atoms with Crippen molar-refractivity contribution in [2.75, 3.05) is 38.0 Å². The SMILES string of the molecule is CN(C)c1ccc(-c2c3ccc(=N)cc-3n(C)c3cc(N(C)C)ccc23)cc1. The van der Waals surface area contributed by atoms with Gasteiger partial charge in [0.15, 0.2) is 0 Å². The largest absolute Gasteiger partial charge is 0.378 e. The first kappa shape index (κ1) is 18.1. The number of benzene rings is 3. The third-order valence-corrected chi connectivity index (χ3v) is 5.43. The van der Waals surface area contributed by atoms with Crippen LogP contribution in [0.1, 0.15) is 0 Å². The highest BCUT2D eigenvalue weighted by molar-refractivity contribution is 6.04. The molecule has 0 fully saturated rings. The monoisotopic (exact) mass is 370 g/mol. The molecule has 0 unspecified atom stereocenters. The Bertz CT molecular complexity index is 1180. The summed E-state index contributed by atoms with van der Waals surface area (Å²) in [5.74, 6) is 0. The lowest BCUT2D eigenvalue weighted by Crippen LogP contribution is -2.11. The van der Waals surface area contributed by atoms with Gasteiger partial charge >= 0.3 is 0 Å². The molecule has 0 radical (unpaired) electrons.